The molecule has 0 aromatic rings. The van der Waals surface area contributed by atoms with E-state index in [2.05, 4.69) is 15.9 Å². The van der Waals surface area contributed by atoms with Gasteiger partial charge in [0.05, 0.1) is 13.2 Å². The van der Waals surface area contributed by atoms with Gasteiger partial charge in [-0.25, -0.2) is 0 Å². The zero-order valence-corrected chi connectivity index (χ0v) is 10.1. The normalized spacial score (nSPS) is 12.0. The zero-order valence-electron chi connectivity index (χ0n) is 7.62. The molecule has 5 heteroatoms. The lowest BCUT2D eigenvalue weighted by Gasteiger charge is -2.14. The Kier molecular flexibility index (Phi) is 7.69. The molecule has 0 rings (SSSR count). The van der Waals surface area contributed by atoms with Crippen LogP contribution in [-0.4, -0.2) is 29.6 Å². The first kappa shape index (κ1) is 12.8. The van der Waals surface area contributed by atoms with Gasteiger partial charge >= 0.3 is 7.94 Å². The maximum atomic E-state index is 9.79. The van der Waals surface area contributed by atoms with Gasteiger partial charge in [0.15, 0.2) is 0 Å². The van der Waals surface area contributed by atoms with Crippen molar-refractivity contribution in [3.05, 3.63) is 0 Å². The summed E-state index contributed by atoms with van der Waals surface area (Å²) < 4.78 is 10.4. The van der Waals surface area contributed by atoms with Gasteiger partial charge in [-0.15, -0.1) is 0 Å². The lowest BCUT2D eigenvalue weighted by molar-refractivity contribution is 0.189. The molecule has 0 heterocycles. The molecule has 0 unspecified atom stereocenters. The fraction of sp³-hybridized carbons (Fsp3) is 1.00. The molecule has 3 nitrogen and oxygen atoms in total. The molecular formula is C7H17BrO3P+. The first-order valence-corrected chi connectivity index (χ1v) is 7.02. The lowest BCUT2D eigenvalue weighted by atomic mass is 10.6. The summed E-state index contributed by atoms with van der Waals surface area (Å²) in [5, 5.41) is 0.870. The first-order valence-electron chi connectivity index (χ1n) is 4.14. The number of hydrogen-bond donors (Lipinski definition) is 1. The largest absolute Gasteiger partial charge is 0.408 e. The Labute approximate surface area is 83.2 Å². The van der Waals surface area contributed by atoms with Crippen LogP contribution in [0.25, 0.3) is 0 Å². The Morgan fingerprint density at radius 3 is 2.08 bits per heavy atom. The average Bonchev–Trinajstić information content (AvgIpc) is 2.02. The molecule has 0 saturated heterocycles. The summed E-state index contributed by atoms with van der Waals surface area (Å²) in [4.78, 5) is 9.79. The molecule has 0 aromatic heterocycles. The molecule has 0 aliphatic carbocycles. The molecule has 74 valence electrons. The molecule has 0 amide bonds. The highest BCUT2D eigenvalue weighted by atomic mass is 79.9. The van der Waals surface area contributed by atoms with Crippen molar-refractivity contribution in [3.8, 4) is 0 Å². The summed E-state index contributed by atoms with van der Waals surface area (Å²) in [6.45, 7) is 4.73. The predicted molar refractivity (Wildman–Crippen MR) is 55.7 cm³/mol. The molecule has 0 aromatic carbocycles. The third kappa shape index (κ3) is 5.44. The molecule has 1 N–H and O–H groups in total. The van der Waals surface area contributed by atoms with Crippen LogP contribution >= 0.6 is 23.9 Å². The first-order chi connectivity index (χ1) is 5.68. The number of rotatable bonds is 7. The Hall–Kier alpha value is 0.790. The van der Waals surface area contributed by atoms with Crippen molar-refractivity contribution in [1.82, 2.24) is 0 Å². The van der Waals surface area contributed by atoms with E-state index < -0.39 is 7.94 Å². The minimum absolute atomic E-state index is 0.507. The number of hydrogen-bond acceptors (Lipinski definition) is 3. The van der Waals surface area contributed by atoms with Crippen LogP contribution in [0.15, 0.2) is 0 Å². The van der Waals surface area contributed by atoms with Gasteiger partial charge in [0.1, 0.15) is 6.16 Å². The Balaban J connectivity index is 3.80. The van der Waals surface area contributed by atoms with Gasteiger partial charge in [0.2, 0.25) is 0 Å². The van der Waals surface area contributed by atoms with Crippen LogP contribution in [0.5, 0.6) is 0 Å². The number of alkyl halides is 1. The van der Waals surface area contributed by atoms with Crippen LogP contribution in [0, 0.1) is 0 Å². The van der Waals surface area contributed by atoms with Gasteiger partial charge in [-0.05, 0) is 20.3 Å². The van der Waals surface area contributed by atoms with E-state index >= 15 is 0 Å². The minimum Gasteiger partial charge on any atom is -0.193 e. The summed E-state index contributed by atoms with van der Waals surface area (Å²) in [5.41, 5.74) is 0. The van der Waals surface area contributed by atoms with Crippen LogP contribution in [0.1, 0.15) is 20.3 Å². The maximum absolute atomic E-state index is 9.79. The van der Waals surface area contributed by atoms with Crippen molar-refractivity contribution in [2.45, 2.75) is 20.3 Å². The molecule has 0 radical (unpaired) electrons. The van der Waals surface area contributed by atoms with Crippen molar-refractivity contribution in [1.29, 1.82) is 0 Å². The van der Waals surface area contributed by atoms with E-state index in [4.69, 9.17) is 9.05 Å². The second-order valence-corrected chi connectivity index (χ2v) is 5.27. The Morgan fingerprint density at radius 2 is 1.75 bits per heavy atom. The lowest BCUT2D eigenvalue weighted by Crippen LogP contribution is -2.07. The van der Waals surface area contributed by atoms with E-state index in [1.165, 1.54) is 0 Å². The molecule has 0 fully saturated rings. The second-order valence-electron chi connectivity index (χ2n) is 2.24. The van der Waals surface area contributed by atoms with Gasteiger partial charge in [-0.3, -0.25) is 0 Å². The monoisotopic (exact) mass is 259 g/mol. The van der Waals surface area contributed by atoms with Crippen LogP contribution in [0.3, 0.4) is 0 Å². The van der Waals surface area contributed by atoms with Gasteiger partial charge in [0, 0.05) is 5.33 Å². The van der Waals surface area contributed by atoms with Crippen molar-refractivity contribution < 1.29 is 13.9 Å². The SMILES string of the molecule is CCO[P+](O)(CCCBr)OCC. The predicted octanol–water partition coefficient (Wildman–Crippen LogP) is 2.60. The summed E-state index contributed by atoms with van der Waals surface area (Å²) in [5.74, 6) is 0. The van der Waals surface area contributed by atoms with Crippen molar-refractivity contribution in [2.24, 2.45) is 0 Å². The third-order valence-electron chi connectivity index (χ3n) is 1.24. The van der Waals surface area contributed by atoms with Gasteiger partial charge in [-0.2, -0.15) is 13.9 Å². The highest BCUT2D eigenvalue weighted by Crippen LogP contribution is 2.57. The topological polar surface area (TPSA) is 38.7 Å². The van der Waals surface area contributed by atoms with E-state index in [1.54, 1.807) is 0 Å². The molecular weight excluding hydrogens is 243 g/mol. The van der Waals surface area contributed by atoms with E-state index in [9.17, 15) is 4.89 Å². The zero-order chi connectivity index (χ0) is 9.45. The van der Waals surface area contributed by atoms with Gasteiger partial charge in [0.25, 0.3) is 0 Å². The summed E-state index contributed by atoms with van der Waals surface area (Å²) in [7, 11) is -2.52. The highest BCUT2D eigenvalue weighted by molar-refractivity contribution is 9.09. The fourth-order valence-corrected chi connectivity index (χ4v) is 3.24. The van der Waals surface area contributed by atoms with E-state index in [-0.39, 0.29) is 0 Å². The standard InChI is InChI=1S/C7H17BrO3P/c1-3-10-12(9,11-4-2)7-5-6-8/h9H,3-7H2,1-2H3/q+1. The summed E-state index contributed by atoms with van der Waals surface area (Å²) >= 11 is 3.30. The molecule has 0 aliphatic heterocycles. The Bertz CT molecular complexity index is 107. The van der Waals surface area contributed by atoms with E-state index in [1.807, 2.05) is 13.8 Å². The average molecular weight is 260 g/mol. The van der Waals surface area contributed by atoms with Crippen LogP contribution in [0.4, 0.5) is 0 Å². The summed E-state index contributed by atoms with van der Waals surface area (Å²) in [6.07, 6.45) is 1.49. The van der Waals surface area contributed by atoms with Crippen molar-refractivity contribution in [2.75, 3.05) is 24.7 Å². The molecule has 0 saturated carbocycles. The van der Waals surface area contributed by atoms with E-state index in [0.717, 1.165) is 11.8 Å². The van der Waals surface area contributed by atoms with Crippen LogP contribution in [-0.2, 0) is 9.05 Å². The number of halogens is 1. The van der Waals surface area contributed by atoms with Gasteiger partial charge in [-0.1, -0.05) is 15.9 Å². The third-order valence-corrected chi connectivity index (χ3v) is 4.00. The highest BCUT2D eigenvalue weighted by Gasteiger charge is 2.38. The molecule has 0 aliphatic rings. The Morgan fingerprint density at radius 1 is 1.25 bits per heavy atom. The fourth-order valence-electron chi connectivity index (χ4n) is 0.829. The van der Waals surface area contributed by atoms with Crippen LogP contribution < -0.4 is 0 Å². The maximum Gasteiger partial charge on any atom is 0.408 e. The van der Waals surface area contributed by atoms with Crippen molar-refractivity contribution >= 4 is 23.9 Å². The summed E-state index contributed by atoms with van der Waals surface area (Å²) in [6, 6.07) is 0. The van der Waals surface area contributed by atoms with Crippen molar-refractivity contribution in [3.63, 3.8) is 0 Å². The smallest absolute Gasteiger partial charge is 0.193 e. The van der Waals surface area contributed by atoms with Crippen LogP contribution in [0.2, 0.25) is 0 Å². The van der Waals surface area contributed by atoms with E-state index in [0.29, 0.717) is 19.4 Å². The quantitative estimate of drug-likeness (QED) is 0.564. The molecule has 12 heavy (non-hydrogen) atoms. The molecule has 0 spiro atoms. The molecule has 0 bridgehead atoms. The minimum atomic E-state index is -2.52. The second kappa shape index (κ2) is 7.22. The molecule has 0 atom stereocenters. The van der Waals surface area contributed by atoms with Gasteiger partial charge < -0.3 is 0 Å².